The molecule has 0 aromatic heterocycles. The number of esters is 1. The predicted octanol–water partition coefficient (Wildman–Crippen LogP) is 0.746. The molecule has 1 aliphatic heterocycles. The fourth-order valence-corrected chi connectivity index (χ4v) is 2.54. The van der Waals surface area contributed by atoms with Gasteiger partial charge in [-0.15, -0.1) is 0 Å². The average Bonchev–Trinajstić information content (AvgIpc) is 2.57. The summed E-state index contributed by atoms with van der Waals surface area (Å²) >= 11 is 0. The lowest BCUT2D eigenvalue weighted by Gasteiger charge is -2.23. The summed E-state index contributed by atoms with van der Waals surface area (Å²) in [6, 6.07) is 7.69. The number of hydrogen-bond donors (Lipinski definition) is 2. The largest absolute Gasteiger partial charge is 0.468 e. The monoisotopic (exact) mass is 320 g/mol. The first kappa shape index (κ1) is 17.4. The molecular formula is C17H24N2O4. The van der Waals surface area contributed by atoms with Gasteiger partial charge in [-0.2, -0.15) is 0 Å². The van der Waals surface area contributed by atoms with Gasteiger partial charge in [0.15, 0.2) is 0 Å². The predicted molar refractivity (Wildman–Crippen MR) is 86.2 cm³/mol. The van der Waals surface area contributed by atoms with E-state index in [1.807, 2.05) is 31.2 Å². The Hall–Kier alpha value is -1.92. The molecule has 6 nitrogen and oxygen atoms in total. The number of methoxy groups -OCH3 is 1. The number of ether oxygens (including phenoxy) is 2. The van der Waals surface area contributed by atoms with Gasteiger partial charge in [0.05, 0.1) is 26.2 Å². The molecule has 0 bridgehead atoms. The van der Waals surface area contributed by atoms with E-state index in [2.05, 4.69) is 10.6 Å². The molecule has 1 fully saturated rings. The first-order chi connectivity index (χ1) is 11.1. The Kier molecular flexibility index (Phi) is 6.55. The number of aryl methyl sites for hydroxylation is 1. The highest BCUT2D eigenvalue weighted by molar-refractivity contribution is 5.81. The number of morpholine rings is 1. The zero-order chi connectivity index (χ0) is 16.7. The van der Waals surface area contributed by atoms with Crippen LogP contribution < -0.4 is 10.6 Å². The van der Waals surface area contributed by atoms with E-state index in [0.717, 1.165) is 17.7 Å². The van der Waals surface area contributed by atoms with Crippen molar-refractivity contribution in [2.24, 2.45) is 0 Å². The minimum Gasteiger partial charge on any atom is -0.468 e. The lowest BCUT2D eigenvalue weighted by Crippen LogP contribution is -2.44. The molecule has 2 N–H and O–H groups in total. The molecule has 2 atom stereocenters. The number of rotatable bonds is 6. The van der Waals surface area contributed by atoms with Gasteiger partial charge in [0.25, 0.3) is 0 Å². The fourth-order valence-electron chi connectivity index (χ4n) is 2.54. The highest BCUT2D eigenvalue weighted by Crippen LogP contribution is 2.17. The van der Waals surface area contributed by atoms with Crippen LogP contribution >= 0.6 is 0 Å². The molecule has 126 valence electrons. The number of nitrogens with one attached hydrogen (secondary N) is 2. The molecule has 0 aliphatic carbocycles. The Morgan fingerprint density at radius 1 is 1.39 bits per heavy atom. The van der Waals surface area contributed by atoms with Gasteiger partial charge < -0.3 is 20.1 Å². The summed E-state index contributed by atoms with van der Waals surface area (Å²) < 4.78 is 10.2. The number of hydrogen-bond acceptors (Lipinski definition) is 5. The third-order valence-electron chi connectivity index (χ3n) is 3.90. The van der Waals surface area contributed by atoms with Crippen LogP contribution in [0.25, 0.3) is 0 Å². The zero-order valence-electron chi connectivity index (χ0n) is 13.6. The molecule has 0 spiro atoms. The molecule has 1 heterocycles. The fraction of sp³-hybridized carbons (Fsp3) is 0.529. The summed E-state index contributed by atoms with van der Waals surface area (Å²) in [7, 11) is 1.36. The number of carbonyl (C=O) groups is 2. The van der Waals surface area contributed by atoms with Gasteiger partial charge in [-0.1, -0.05) is 29.8 Å². The van der Waals surface area contributed by atoms with Crippen LogP contribution in [0.3, 0.4) is 0 Å². The number of benzene rings is 1. The third kappa shape index (κ3) is 5.33. The summed E-state index contributed by atoms with van der Waals surface area (Å²) in [5, 5.41) is 6.06. The molecule has 1 amide bonds. The highest BCUT2D eigenvalue weighted by Gasteiger charge is 2.23. The van der Waals surface area contributed by atoms with E-state index in [1.54, 1.807) is 0 Å². The van der Waals surface area contributed by atoms with Crippen molar-refractivity contribution in [2.45, 2.75) is 25.3 Å². The van der Waals surface area contributed by atoms with Crippen molar-refractivity contribution in [1.29, 1.82) is 0 Å². The van der Waals surface area contributed by atoms with Crippen molar-refractivity contribution in [3.63, 3.8) is 0 Å². The van der Waals surface area contributed by atoms with E-state index in [-0.39, 0.29) is 24.5 Å². The second kappa shape index (κ2) is 8.64. The molecule has 1 aliphatic rings. The lowest BCUT2D eigenvalue weighted by atomic mass is 9.98. The van der Waals surface area contributed by atoms with Gasteiger partial charge >= 0.3 is 5.97 Å². The van der Waals surface area contributed by atoms with Gasteiger partial charge in [-0.25, -0.2) is 0 Å². The molecule has 1 saturated heterocycles. The Bertz CT molecular complexity index is 524. The van der Waals surface area contributed by atoms with Crippen LogP contribution in [-0.4, -0.2) is 51.3 Å². The van der Waals surface area contributed by atoms with Crippen LogP contribution in [0, 0.1) is 6.92 Å². The van der Waals surface area contributed by atoms with Crippen LogP contribution in [-0.2, 0) is 19.1 Å². The Balaban J connectivity index is 1.91. The first-order valence-corrected chi connectivity index (χ1v) is 7.82. The van der Waals surface area contributed by atoms with Crippen molar-refractivity contribution in [3.05, 3.63) is 35.4 Å². The van der Waals surface area contributed by atoms with Gasteiger partial charge in [-0.3, -0.25) is 9.59 Å². The molecule has 23 heavy (non-hydrogen) atoms. The number of carbonyl (C=O) groups excluding carboxylic acids is 2. The molecular weight excluding hydrogens is 296 g/mol. The third-order valence-corrected chi connectivity index (χ3v) is 3.90. The van der Waals surface area contributed by atoms with Gasteiger partial charge in [0, 0.05) is 25.6 Å². The summed E-state index contributed by atoms with van der Waals surface area (Å²) in [5.41, 5.74) is 1.95. The van der Waals surface area contributed by atoms with Crippen LogP contribution in [0.1, 0.15) is 23.5 Å². The van der Waals surface area contributed by atoms with E-state index in [0.29, 0.717) is 19.6 Å². The normalized spacial score (nSPS) is 19.0. The van der Waals surface area contributed by atoms with Crippen LogP contribution in [0.4, 0.5) is 0 Å². The van der Waals surface area contributed by atoms with E-state index >= 15 is 0 Å². The van der Waals surface area contributed by atoms with Crippen LogP contribution in [0.5, 0.6) is 0 Å². The van der Waals surface area contributed by atoms with Crippen molar-refractivity contribution in [3.8, 4) is 0 Å². The molecule has 0 saturated carbocycles. The SMILES string of the molecule is COC(=O)C(CNC(=O)CC1COCCN1)c1ccc(C)cc1. The van der Waals surface area contributed by atoms with Crippen LogP contribution in [0.2, 0.25) is 0 Å². The molecule has 1 aromatic rings. The minimum absolute atomic E-state index is 0.0275. The van der Waals surface area contributed by atoms with E-state index in [4.69, 9.17) is 9.47 Å². The topological polar surface area (TPSA) is 76.7 Å². The summed E-state index contributed by atoms with van der Waals surface area (Å²) in [6.45, 7) is 4.17. The molecule has 2 rings (SSSR count). The van der Waals surface area contributed by atoms with Crippen molar-refractivity contribution in [2.75, 3.05) is 33.4 Å². The average molecular weight is 320 g/mol. The summed E-state index contributed by atoms with van der Waals surface area (Å²) in [4.78, 5) is 24.0. The maximum absolute atomic E-state index is 12.1. The Morgan fingerprint density at radius 3 is 2.74 bits per heavy atom. The quantitative estimate of drug-likeness (QED) is 0.756. The maximum atomic E-state index is 12.1. The van der Waals surface area contributed by atoms with E-state index in [1.165, 1.54) is 7.11 Å². The van der Waals surface area contributed by atoms with E-state index < -0.39 is 5.92 Å². The Labute approximate surface area is 136 Å². The van der Waals surface area contributed by atoms with Gasteiger partial charge in [0.1, 0.15) is 0 Å². The maximum Gasteiger partial charge on any atom is 0.314 e. The van der Waals surface area contributed by atoms with Crippen LogP contribution in [0.15, 0.2) is 24.3 Å². The smallest absolute Gasteiger partial charge is 0.314 e. The minimum atomic E-state index is -0.500. The molecule has 0 radical (unpaired) electrons. The summed E-state index contributed by atoms with van der Waals surface area (Å²) in [6.07, 6.45) is 0.335. The van der Waals surface area contributed by atoms with Gasteiger partial charge in [0.2, 0.25) is 5.91 Å². The zero-order valence-corrected chi connectivity index (χ0v) is 13.6. The van der Waals surface area contributed by atoms with Crippen molar-refractivity contribution < 1.29 is 19.1 Å². The second-order valence-electron chi connectivity index (χ2n) is 5.72. The molecule has 6 heteroatoms. The van der Waals surface area contributed by atoms with Crippen molar-refractivity contribution in [1.82, 2.24) is 10.6 Å². The lowest BCUT2D eigenvalue weighted by molar-refractivity contribution is -0.142. The summed E-state index contributed by atoms with van der Waals surface area (Å²) in [5.74, 6) is -0.956. The van der Waals surface area contributed by atoms with E-state index in [9.17, 15) is 9.59 Å². The van der Waals surface area contributed by atoms with Crippen molar-refractivity contribution >= 4 is 11.9 Å². The standard InChI is InChI=1S/C17H24N2O4/c1-12-3-5-13(6-4-12)15(17(21)22-2)10-19-16(20)9-14-11-23-8-7-18-14/h3-6,14-15,18H,7-11H2,1-2H3,(H,19,20). The second-order valence-corrected chi connectivity index (χ2v) is 5.72. The molecule has 2 unspecified atom stereocenters. The highest BCUT2D eigenvalue weighted by atomic mass is 16.5. The Morgan fingerprint density at radius 2 is 2.13 bits per heavy atom. The van der Waals surface area contributed by atoms with Gasteiger partial charge in [-0.05, 0) is 12.5 Å². The molecule has 1 aromatic carbocycles. The number of amides is 1. The first-order valence-electron chi connectivity index (χ1n) is 7.82.